The molecule has 5 N–H and O–H groups in total. The van der Waals surface area contributed by atoms with Crippen LogP contribution in [0.15, 0.2) is 48.8 Å². The molecule has 4 unspecified atom stereocenters. The van der Waals surface area contributed by atoms with Gasteiger partial charge in [-0.2, -0.15) is 10.2 Å². The number of nitrogens with one attached hydrogen (secondary N) is 1. The van der Waals surface area contributed by atoms with Crippen molar-refractivity contribution in [3.63, 3.8) is 0 Å². The molecule has 4 aromatic rings. The molecule has 0 radical (unpaired) electrons. The average Bonchev–Trinajstić information content (AvgIpc) is 3.99. The molecule has 1 amide bonds. The molecular formula is C44H66N8O18P4. The zero-order valence-corrected chi connectivity index (χ0v) is 45.8. The number of carbonyl (C=O) groups excluding carboxylic acids is 1. The van der Waals surface area contributed by atoms with E-state index in [-0.39, 0.29) is 120 Å². The third-order valence-electron chi connectivity index (χ3n) is 9.73. The number of hydrogen-bond donors (Lipinski definition) is 5. The molecule has 0 bridgehead atoms. The predicted octanol–water partition coefficient (Wildman–Crippen LogP) is 5.11. The van der Waals surface area contributed by atoms with Crippen LogP contribution in [0.4, 0.5) is 0 Å². The highest BCUT2D eigenvalue weighted by molar-refractivity contribution is 7.53. The largest absolute Gasteiger partial charge is 0.490 e. The lowest BCUT2D eigenvalue weighted by molar-refractivity contribution is -0.137. The minimum Gasteiger partial charge on any atom is -0.490 e. The number of hydrogen-bond acceptors (Lipinski definition) is 19. The molecule has 0 aliphatic heterocycles. The van der Waals surface area contributed by atoms with E-state index in [1.165, 1.54) is 59.4 Å². The van der Waals surface area contributed by atoms with Gasteiger partial charge in [-0.3, -0.25) is 37.6 Å². The van der Waals surface area contributed by atoms with Gasteiger partial charge in [0.05, 0.1) is 68.4 Å². The van der Waals surface area contributed by atoms with Crippen molar-refractivity contribution in [3.05, 3.63) is 76.9 Å². The first-order valence-electron chi connectivity index (χ1n) is 23.3. The summed E-state index contributed by atoms with van der Waals surface area (Å²) in [7, 11) is -12.3. The first kappa shape index (κ1) is 61.9. The van der Waals surface area contributed by atoms with Crippen LogP contribution in [0.25, 0.3) is 11.6 Å². The maximum absolute atomic E-state index is 13.5. The SMILES string of the molecule is CCO[PH](=O)CN(Cc1ccn(-c2cc(C#Cc3cc(OCCOC)c(C(=O)NCCCC(=O)O)cc3OCCOC)cc(-n3ccc(CN(CP(=O)(O)OCC)CP(=O)(O)OCC)n3)n2)n1)CP(=O)(O)OCC. The Kier molecular flexibility index (Phi) is 25.8. The van der Waals surface area contributed by atoms with Crippen molar-refractivity contribution in [2.45, 2.75) is 53.6 Å². The van der Waals surface area contributed by atoms with Crippen LogP contribution in [0.5, 0.6) is 11.5 Å². The number of aliphatic carboxylic acids is 1. The molecule has 3 aromatic heterocycles. The van der Waals surface area contributed by atoms with Crippen molar-refractivity contribution in [2.75, 3.05) is 98.8 Å². The van der Waals surface area contributed by atoms with Crippen LogP contribution in [0.3, 0.4) is 0 Å². The molecule has 410 valence electrons. The number of carboxylic acid groups (broad SMARTS) is 1. The maximum Gasteiger partial charge on any atom is 0.342 e. The zero-order valence-electron chi connectivity index (χ0n) is 42.1. The van der Waals surface area contributed by atoms with Gasteiger partial charge in [0.2, 0.25) is 8.03 Å². The molecule has 0 aliphatic rings. The minimum absolute atomic E-state index is 0.0248. The fourth-order valence-corrected chi connectivity index (χ4v) is 11.7. The Morgan fingerprint density at radius 3 is 1.73 bits per heavy atom. The van der Waals surface area contributed by atoms with Crippen LogP contribution in [0, 0.1) is 11.8 Å². The number of carboxylic acids is 1. The van der Waals surface area contributed by atoms with Gasteiger partial charge in [-0.1, -0.05) is 11.8 Å². The van der Waals surface area contributed by atoms with E-state index >= 15 is 0 Å². The first-order chi connectivity index (χ1) is 35.2. The van der Waals surface area contributed by atoms with Crippen LogP contribution < -0.4 is 14.8 Å². The normalized spacial score (nSPS) is 14.4. The molecule has 4 atom stereocenters. The quantitative estimate of drug-likeness (QED) is 0.0227. The molecule has 0 saturated heterocycles. The summed E-state index contributed by atoms with van der Waals surface area (Å²) in [6.45, 7) is 6.68. The van der Waals surface area contributed by atoms with Gasteiger partial charge in [0.15, 0.2) is 11.6 Å². The molecule has 0 fully saturated rings. The van der Waals surface area contributed by atoms with E-state index in [4.69, 9.17) is 47.1 Å². The summed E-state index contributed by atoms with van der Waals surface area (Å²) in [6, 6.07) is 9.42. The zero-order chi connectivity index (χ0) is 54.3. The third-order valence-corrected chi connectivity index (χ3v) is 15.3. The van der Waals surface area contributed by atoms with E-state index in [9.17, 15) is 42.5 Å². The number of aromatic nitrogens is 5. The van der Waals surface area contributed by atoms with Gasteiger partial charge in [-0.05, 0) is 64.4 Å². The van der Waals surface area contributed by atoms with Gasteiger partial charge in [-0.15, -0.1) is 0 Å². The minimum atomic E-state index is -4.25. The van der Waals surface area contributed by atoms with Crippen molar-refractivity contribution < 1.29 is 84.7 Å². The van der Waals surface area contributed by atoms with E-state index < -0.39 is 61.5 Å². The lowest BCUT2D eigenvalue weighted by atomic mass is 10.1. The number of benzene rings is 1. The summed E-state index contributed by atoms with van der Waals surface area (Å²) in [5.74, 6) is 5.42. The third kappa shape index (κ3) is 21.5. The molecule has 30 heteroatoms. The van der Waals surface area contributed by atoms with E-state index in [0.29, 0.717) is 22.5 Å². The van der Waals surface area contributed by atoms with Crippen molar-refractivity contribution >= 4 is 42.7 Å². The molecule has 1 aromatic carbocycles. The highest BCUT2D eigenvalue weighted by atomic mass is 31.2. The molecule has 74 heavy (non-hydrogen) atoms. The topological polar surface area (TPSA) is 324 Å². The highest BCUT2D eigenvalue weighted by Crippen LogP contribution is 2.48. The van der Waals surface area contributed by atoms with Gasteiger partial charge in [0.25, 0.3) is 5.91 Å². The number of pyridine rings is 1. The maximum atomic E-state index is 13.5. The Bertz CT molecular complexity index is 2670. The van der Waals surface area contributed by atoms with Crippen LogP contribution in [0.1, 0.15) is 73.4 Å². The second kappa shape index (κ2) is 30.8. The van der Waals surface area contributed by atoms with Crippen LogP contribution >= 0.6 is 30.8 Å². The Hall–Kier alpha value is -4.63. The molecular weight excluding hydrogens is 1050 g/mol. The van der Waals surface area contributed by atoms with Gasteiger partial charge in [0, 0.05) is 64.3 Å². The summed E-state index contributed by atoms with van der Waals surface area (Å²) in [6.07, 6.45) is 1.34. The van der Waals surface area contributed by atoms with Gasteiger partial charge < -0.3 is 62.1 Å². The number of methoxy groups -OCH3 is 2. The fourth-order valence-electron chi connectivity index (χ4n) is 6.81. The second-order valence-corrected chi connectivity index (χ2v) is 22.6. The Morgan fingerprint density at radius 1 is 0.716 bits per heavy atom. The van der Waals surface area contributed by atoms with Crippen molar-refractivity contribution in [1.29, 1.82) is 0 Å². The van der Waals surface area contributed by atoms with E-state index in [1.807, 2.05) is 0 Å². The number of amides is 1. The standard InChI is InChI=1S/C44H66N8O18P4/c1-7-67-71(56)30-49(31-72(57,58)68-8-2)28-36-15-18-51(47-36)41-24-34(25-42(46-41)52-19-16-37(48-52)29-50(32-73(59,60)69-9-3)33-74(61,62)70-10-4)13-14-35-26-40(66-23-21-64-6)38(27-39(35)65-22-20-63-5)44(55)45-17-11-12-43(53)54/h15-16,18-19,24-27,71H,7-12,17,20-23,28-33H2,1-6H3,(H,45,55)(H,53,54)(H,57,58)(H,59,60)(H,61,62). The number of carbonyl (C=O) groups is 2. The summed E-state index contributed by atoms with van der Waals surface area (Å²) in [4.78, 5) is 63.6. The predicted molar refractivity (Wildman–Crippen MR) is 270 cm³/mol. The van der Waals surface area contributed by atoms with Crippen LogP contribution in [-0.2, 0) is 63.7 Å². The summed E-state index contributed by atoms with van der Waals surface area (Å²) in [5.41, 5.74) is 1.41. The van der Waals surface area contributed by atoms with E-state index in [2.05, 4.69) is 27.4 Å². The van der Waals surface area contributed by atoms with Gasteiger partial charge in [0.1, 0.15) is 43.6 Å². The summed E-state index contributed by atoms with van der Waals surface area (Å²) in [5, 5.41) is 21.1. The summed E-state index contributed by atoms with van der Waals surface area (Å²) >= 11 is 0. The molecule has 0 aliphatic carbocycles. The smallest absolute Gasteiger partial charge is 0.342 e. The highest BCUT2D eigenvalue weighted by Gasteiger charge is 2.31. The van der Waals surface area contributed by atoms with Crippen molar-refractivity contribution in [1.82, 2.24) is 39.7 Å². The molecule has 3 heterocycles. The van der Waals surface area contributed by atoms with E-state index in [0.717, 1.165) is 0 Å². The van der Waals surface area contributed by atoms with E-state index in [1.54, 1.807) is 50.5 Å². The second-order valence-electron chi connectivity index (χ2n) is 15.8. The monoisotopic (exact) mass is 1120 g/mol. The molecule has 0 saturated carbocycles. The Labute approximate surface area is 430 Å². The Morgan fingerprint density at radius 2 is 1.23 bits per heavy atom. The lowest BCUT2D eigenvalue weighted by Crippen LogP contribution is -2.27. The number of ether oxygens (including phenoxy) is 4. The number of nitrogens with zero attached hydrogens (tertiary/aromatic N) is 7. The van der Waals surface area contributed by atoms with Crippen molar-refractivity contribution in [3.8, 4) is 35.0 Å². The van der Waals surface area contributed by atoms with Crippen molar-refractivity contribution in [2.24, 2.45) is 0 Å². The van der Waals surface area contributed by atoms with Crippen LogP contribution in [-0.4, -0.2) is 165 Å². The summed E-state index contributed by atoms with van der Waals surface area (Å²) < 4.78 is 97.0. The Balaban J connectivity index is 1.86. The van der Waals surface area contributed by atoms with Gasteiger partial charge >= 0.3 is 28.8 Å². The molecule has 4 rings (SSSR count). The average molecular weight is 1120 g/mol. The fraction of sp³-hybridized carbons (Fsp3) is 0.523. The lowest BCUT2D eigenvalue weighted by Gasteiger charge is -2.25. The molecule has 26 nitrogen and oxygen atoms in total. The van der Waals surface area contributed by atoms with Crippen LogP contribution in [0.2, 0.25) is 0 Å². The first-order valence-corrected chi connectivity index (χ1v) is 30.1. The number of rotatable bonds is 35. The van der Waals surface area contributed by atoms with Gasteiger partial charge in [-0.25, -0.2) is 14.3 Å². The molecule has 0 spiro atoms.